The molecule has 1 aromatic carbocycles. The second kappa shape index (κ2) is 6.84. The van der Waals surface area contributed by atoms with Crippen LogP contribution in [0.3, 0.4) is 0 Å². The number of aromatic amines is 1. The van der Waals surface area contributed by atoms with E-state index in [0.717, 1.165) is 47.9 Å². The third-order valence-electron chi connectivity index (χ3n) is 4.54. The summed E-state index contributed by atoms with van der Waals surface area (Å²) in [7, 11) is 0. The predicted octanol–water partition coefficient (Wildman–Crippen LogP) is 3.10. The number of imidazole rings is 1. The molecule has 0 unspecified atom stereocenters. The quantitative estimate of drug-likeness (QED) is 0.742. The molecule has 0 bridgehead atoms. The van der Waals surface area contributed by atoms with Gasteiger partial charge in [-0.05, 0) is 25.0 Å². The molecule has 0 saturated carbocycles. The van der Waals surface area contributed by atoms with Gasteiger partial charge >= 0.3 is 0 Å². The fraction of sp³-hybridized carbons (Fsp3) is 0.471. The lowest BCUT2D eigenvalue weighted by atomic mass is 10.1. The molecule has 1 N–H and O–H groups in total. The molecule has 2 aromatic heterocycles. The van der Waals surface area contributed by atoms with Gasteiger partial charge in [0.2, 0.25) is 11.7 Å². The Bertz CT molecular complexity index is 847. The normalized spacial score (nSPS) is 16.4. The molecule has 3 aromatic rings. The topological polar surface area (TPSA) is 66.3 Å². The lowest BCUT2D eigenvalue weighted by molar-refractivity contribution is -0.128. The van der Waals surface area contributed by atoms with Crippen LogP contribution < -0.4 is 0 Å². The van der Waals surface area contributed by atoms with Crippen molar-refractivity contribution in [1.82, 2.24) is 24.5 Å². The van der Waals surface area contributed by atoms with Crippen LogP contribution in [0.5, 0.6) is 0 Å². The third kappa shape index (κ3) is 3.00. The number of nitrogens with one attached hydrogen (secondary N) is 1. The van der Waals surface area contributed by atoms with Crippen LogP contribution in [0, 0.1) is 0 Å². The number of para-hydroxylation sites is 2. The molecule has 1 saturated heterocycles. The summed E-state index contributed by atoms with van der Waals surface area (Å²) in [5.74, 6) is 1.35. The van der Waals surface area contributed by atoms with Crippen molar-refractivity contribution in [2.75, 3.05) is 18.8 Å². The Labute approximate surface area is 144 Å². The molecule has 24 heavy (non-hydrogen) atoms. The van der Waals surface area contributed by atoms with Crippen LogP contribution in [-0.4, -0.2) is 49.2 Å². The number of fused-ring (bicyclic) bond motifs is 3. The Hall–Kier alpha value is -2.02. The maximum atomic E-state index is 12.5. The van der Waals surface area contributed by atoms with Crippen LogP contribution in [0.4, 0.5) is 0 Å². The van der Waals surface area contributed by atoms with E-state index in [0.29, 0.717) is 5.75 Å². The second-order valence-electron chi connectivity index (χ2n) is 6.20. The Morgan fingerprint density at radius 3 is 2.71 bits per heavy atom. The number of amides is 1. The van der Waals surface area contributed by atoms with Crippen molar-refractivity contribution in [1.29, 1.82) is 0 Å². The van der Waals surface area contributed by atoms with E-state index in [1.54, 1.807) is 0 Å². The number of carbonyl (C=O) groups excluding carboxylic acids is 1. The third-order valence-corrected chi connectivity index (χ3v) is 5.46. The molecule has 4 rings (SSSR count). The maximum absolute atomic E-state index is 12.5. The number of H-pyrrole nitrogens is 1. The van der Waals surface area contributed by atoms with Crippen molar-refractivity contribution in [3.05, 3.63) is 24.3 Å². The molecule has 126 valence electrons. The predicted molar refractivity (Wildman–Crippen MR) is 95.2 cm³/mol. The van der Waals surface area contributed by atoms with E-state index >= 15 is 0 Å². The molecule has 0 aliphatic carbocycles. The van der Waals surface area contributed by atoms with E-state index in [4.69, 9.17) is 0 Å². The number of benzene rings is 1. The number of hydrogen-bond donors (Lipinski definition) is 1. The van der Waals surface area contributed by atoms with Crippen molar-refractivity contribution in [2.45, 2.75) is 37.3 Å². The maximum Gasteiger partial charge on any atom is 0.233 e. The van der Waals surface area contributed by atoms with Crippen LogP contribution in [0.2, 0.25) is 0 Å². The Morgan fingerprint density at radius 1 is 1.12 bits per heavy atom. The first-order valence-corrected chi connectivity index (χ1v) is 9.53. The zero-order chi connectivity index (χ0) is 16.4. The highest BCUT2D eigenvalue weighted by atomic mass is 32.2. The van der Waals surface area contributed by atoms with E-state index in [-0.39, 0.29) is 5.91 Å². The van der Waals surface area contributed by atoms with E-state index in [9.17, 15) is 4.79 Å². The Kier molecular flexibility index (Phi) is 4.42. The molecule has 1 aliphatic heterocycles. The highest BCUT2D eigenvalue weighted by Gasteiger charge is 2.17. The summed E-state index contributed by atoms with van der Waals surface area (Å²) < 4.78 is 1.99. The van der Waals surface area contributed by atoms with Crippen molar-refractivity contribution in [2.24, 2.45) is 0 Å². The van der Waals surface area contributed by atoms with Gasteiger partial charge in [-0.25, -0.2) is 10.1 Å². The Morgan fingerprint density at radius 2 is 1.88 bits per heavy atom. The van der Waals surface area contributed by atoms with Crippen molar-refractivity contribution < 1.29 is 4.79 Å². The average molecular weight is 343 g/mol. The molecule has 0 radical (unpaired) electrons. The SMILES string of the molecule is O=C(CSc1n[nH]c2nc3ccccc3n12)N1CCCCCCC1. The van der Waals surface area contributed by atoms with Gasteiger partial charge in [-0.1, -0.05) is 43.2 Å². The largest absolute Gasteiger partial charge is 0.342 e. The van der Waals surface area contributed by atoms with Gasteiger partial charge in [0.1, 0.15) is 0 Å². The second-order valence-corrected chi connectivity index (χ2v) is 7.15. The summed E-state index contributed by atoms with van der Waals surface area (Å²) in [4.78, 5) is 19.1. The van der Waals surface area contributed by atoms with Gasteiger partial charge in [-0.15, -0.1) is 5.10 Å². The first kappa shape index (κ1) is 15.5. The lowest BCUT2D eigenvalue weighted by Crippen LogP contribution is -2.35. The summed E-state index contributed by atoms with van der Waals surface area (Å²) in [6.45, 7) is 1.78. The minimum atomic E-state index is 0.211. The number of nitrogens with zero attached hydrogens (tertiary/aromatic N) is 4. The number of carbonyl (C=O) groups is 1. The van der Waals surface area contributed by atoms with Crippen LogP contribution in [0.25, 0.3) is 16.8 Å². The molecular weight excluding hydrogens is 322 g/mol. The molecule has 1 fully saturated rings. The summed E-state index contributed by atoms with van der Waals surface area (Å²) in [5.41, 5.74) is 1.95. The van der Waals surface area contributed by atoms with Crippen molar-refractivity contribution in [3.8, 4) is 0 Å². The van der Waals surface area contributed by atoms with Gasteiger partial charge in [0.05, 0.1) is 16.8 Å². The zero-order valence-electron chi connectivity index (χ0n) is 13.6. The first-order valence-electron chi connectivity index (χ1n) is 8.55. The number of aromatic nitrogens is 4. The number of thioether (sulfide) groups is 1. The van der Waals surface area contributed by atoms with Crippen LogP contribution in [0.1, 0.15) is 32.1 Å². The van der Waals surface area contributed by atoms with Gasteiger partial charge in [0.25, 0.3) is 0 Å². The van der Waals surface area contributed by atoms with Gasteiger partial charge in [-0.2, -0.15) is 0 Å². The summed E-state index contributed by atoms with van der Waals surface area (Å²) >= 11 is 1.48. The van der Waals surface area contributed by atoms with Gasteiger partial charge in [-0.3, -0.25) is 9.20 Å². The molecule has 6 nitrogen and oxygen atoms in total. The minimum Gasteiger partial charge on any atom is -0.342 e. The van der Waals surface area contributed by atoms with Crippen molar-refractivity contribution in [3.63, 3.8) is 0 Å². The molecule has 0 atom stereocenters. The molecule has 3 heterocycles. The van der Waals surface area contributed by atoms with Gasteiger partial charge < -0.3 is 4.90 Å². The molecule has 0 spiro atoms. The van der Waals surface area contributed by atoms with Crippen LogP contribution in [-0.2, 0) is 4.79 Å². The highest BCUT2D eigenvalue weighted by Crippen LogP contribution is 2.23. The molecular formula is C17H21N5OS. The Balaban J connectivity index is 1.49. The minimum absolute atomic E-state index is 0.211. The summed E-state index contributed by atoms with van der Waals surface area (Å²) in [6, 6.07) is 7.97. The van der Waals surface area contributed by atoms with E-state index in [1.807, 2.05) is 33.6 Å². The number of hydrogen-bond acceptors (Lipinski definition) is 4. The van der Waals surface area contributed by atoms with Crippen LogP contribution >= 0.6 is 11.8 Å². The standard InChI is InChI=1S/C17H21N5OS/c23-15(21-10-6-2-1-3-7-11-21)12-24-17-20-19-16-18-13-8-4-5-9-14(13)22(16)17/h4-5,8-9H,1-3,6-7,10-12H2,(H,18,19). The van der Waals surface area contributed by atoms with Crippen molar-refractivity contribution >= 4 is 34.5 Å². The van der Waals surface area contributed by atoms with Gasteiger partial charge in [0.15, 0.2) is 5.16 Å². The monoisotopic (exact) mass is 343 g/mol. The summed E-state index contributed by atoms with van der Waals surface area (Å²) in [6.07, 6.45) is 6.01. The van der Waals surface area contributed by atoms with E-state index in [1.165, 1.54) is 31.0 Å². The fourth-order valence-corrected chi connectivity index (χ4v) is 4.11. The molecule has 7 heteroatoms. The van der Waals surface area contributed by atoms with E-state index < -0.39 is 0 Å². The lowest BCUT2D eigenvalue weighted by Gasteiger charge is -2.24. The number of likely N-dealkylation sites (tertiary alicyclic amines) is 1. The van der Waals surface area contributed by atoms with Gasteiger partial charge in [0, 0.05) is 13.1 Å². The zero-order valence-corrected chi connectivity index (χ0v) is 14.4. The summed E-state index contributed by atoms with van der Waals surface area (Å²) in [5, 5.41) is 8.07. The average Bonchev–Trinajstić information content (AvgIpc) is 3.11. The smallest absolute Gasteiger partial charge is 0.233 e. The molecule has 1 amide bonds. The highest BCUT2D eigenvalue weighted by molar-refractivity contribution is 7.99. The number of rotatable bonds is 3. The first-order chi connectivity index (χ1) is 11.8. The fourth-order valence-electron chi connectivity index (χ4n) is 3.25. The van der Waals surface area contributed by atoms with Crippen LogP contribution in [0.15, 0.2) is 29.4 Å². The molecule has 1 aliphatic rings. The van der Waals surface area contributed by atoms with E-state index in [2.05, 4.69) is 15.2 Å².